The fourth-order valence-corrected chi connectivity index (χ4v) is 5.04. The Labute approximate surface area is 241 Å². The highest BCUT2D eigenvalue weighted by molar-refractivity contribution is 9.10. The number of hydrogen-bond acceptors (Lipinski definition) is 8. The highest BCUT2D eigenvalue weighted by Crippen LogP contribution is 2.27. The fraction of sp³-hybridized carbons (Fsp3) is 0.214. The summed E-state index contributed by atoms with van der Waals surface area (Å²) < 4.78 is 21.4. The second kappa shape index (κ2) is 11.9. The number of halogens is 2. The molecule has 0 aliphatic carbocycles. The molecule has 0 unspecified atom stereocenters. The van der Waals surface area contributed by atoms with Gasteiger partial charge in [-0.2, -0.15) is 0 Å². The highest BCUT2D eigenvalue weighted by Gasteiger charge is 2.26. The van der Waals surface area contributed by atoms with Crippen molar-refractivity contribution in [3.63, 3.8) is 0 Å². The van der Waals surface area contributed by atoms with E-state index in [1.54, 1.807) is 18.3 Å². The molecule has 1 aliphatic heterocycles. The van der Waals surface area contributed by atoms with E-state index in [1.807, 2.05) is 0 Å². The van der Waals surface area contributed by atoms with Gasteiger partial charge in [-0.1, -0.05) is 12.1 Å². The van der Waals surface area contributed by atoms with E-state index in [-0.39, 0.29) is 39.9 Å². The van der Waals surface area contributed by atoms with Crippen LogP contribution in [0.25, 0.3) is 22.4 Å². The molecule has 1 saturated heterocycles. The molecule has 0 bridgehead atoms. The van der Waals surface area contributed by atoms with Gasteiger partial charge in [-0.25, -0.2) is 9.37 Å². The van der Waals surface area contributed by atoms with Crippen LogP contribution < -0.4 is 22.2 Å². The molecule has 5 N–H and O–H groups in total. The van der Waals surface area contributed by atoms with Crippen molar-refractivity contribution in [2.45, 2.75) is 19.4 Å². The van der Waals surface area contributed by atoms with Gasteiger partial charge >= 0.3 is 0 Å². The van der Waals surface area contributed by atoms with Crippen molar-refractivity contribution in [1.82, 2.24) is 19.7 Å². The molecule has 4 heterocycles. The molecular formula is C28H25BrFN7O4. The molecule has 1 aliphatic rings. The zero-order valence-corrected chi connectivity index (χ0v) is 23.2. The molecule has 0 atom stereocenters. The van der Waals surface area contributed by atoms with E-state index in [0.29, 0.717) is 35.5 Å². The van der Waals surface area contributed by atoms with E-state index >= 15 is 0 Å². The van der Waals surface area contributed by atoms with Gasteiger partial charge in [-0.3, -0.25) is 14.4 Å². The number of amides is 2. The van der Waals surface area contributed by atoms with Gasteiger partial charge in [0.15, 0.2) is 5.82 Å². The average Bonchev–Trinajstić information content (AvgIpc) is 2.96. The molecule has 5 rings (SSSR count). The van der Waals surface area contributed by atoms with Crippen LogP contribution in [0.5, 0.6) is 0 Å². The molecule has 3 aromatic heterocycles. The largest absolute Gasteiger partial charge is 0.383 e. The summed E-state index contributed by atoms with van der Waals surface area (Å²) in [4.78, 5) is 43.9. The summed E-state index contributed by atoms with van der Waals surface area (Å²) in [5, 5.41) is 10.8. The number of nitrogens with zero attached hydrogens (tertiary/aromatic N) is 4. The number of nitrogen functional groups attached to an aromatic ring is 1. The predicted octanol–water partition coefficient (Wildman–Crippen LogP) is 3.63. The van der Waals surface area contributed by atoms with Gasteiger partial charge in [0.25, 0.3) is 11.8 Å². The van der Waals surface area contributed by atoms with Crippen molar-refractivity contribution in [2.75, 3.05) is 24.3 Å². The molecule has 1 aromatic carbocycles. The summed E-state index contributed by atoms with van der Waals surface area (Å²) >= 11 is 3.34. The smallest absolute Gasteiger partial charge is 0.266 e. The Morgan fingerprint density at radius 2 is 1.85 bits per heavy atom. The molecule has 0 saturated carbocycles. The second-order valence-corrected chi connectivity index (χ2v) is 10.4. The molecule has 11 nitrogen and oxygen atoms in total. The van der Waals surface area contributed by atoms with Crippen molar-refractivity contribution in [3.8, 4) is 22.4 Å². The van der Waals surface area contributed by atoms with Gasteiger partial charge < -0.3 is 26.1 Å². The first-order valence-electron chi connectivity index (χ1n) is 12.7. The van der Waals surface area contributed by atoms with Crippen LogP contribution in [0, 0.1) is 11.7 Å². The number of nitrogens with one attached hydrogen (secondary N) is 1. The monoisotopic (exact) mass is 621 g/mol. The Kier molecular flexibility index (Phi) is 8.17. The third-order valence-corrected chi connectivity index (χ3v) is 7.19. The summed E-state index contributed by atoms with van der Waals surface area (Å²) in [7, 11) is 0. The minimum atomic E-state index is -0.844. The Bertz CT molecular complexity index is 1670. The van der Waals surface area contributed by atoms with Crippen LogP contribution in [0.15, 0.2) is 64.1 Å². The summed E-state index contributed by atoms with van der Waals surface area (Å²) in [5.41, 5.74) is 11.8. The van der Waals surface area contributed by atoms with Gasteiger partial charge in [0.2, 0.25) is 5.43 Å². The maximum Gasteiger partial charge on any atom is 0.266 e. The second-order valence-electron chi connectivity index (χ2n) is 9.52. The first-order valence-corrected chi connectivity index (χ1v) is 13.5. The lowest BCUT2D eigenvalue weighted by Crippen LogP contribution is -2.32. The summed E-state index contributed by atoms with van der Waals surface area (Å²) in [6, 6.07) is 9.92. The molecule has 0 spiro atoms. The first kappa shape index (κ1) is 28.1. The number of aromatic nitrogens is 4. The van der Waals surface area contributed by atoms with E-state index in [2.05, 4.69) is 36.4 Å². The minimum absolute atomic E-state index is 0.0611. The predicted molar refractivity (Wildman–Crippen MR) is 153 cm³/mol. The number of carbonyl (C=O) groups is 2. The Hall–Kier alpha value is -4.49. The molecule has 210 valence electrons. The highest BCUT2D eigenvalue weighted by atomic mass is 79.9. The minimum Gasteiger partial charge on any atom is -0.383 e. The van der Waals surface area contributed by atoms with Gasteiger partial charge in [0.05, 0.1) is 11.3 Å². The lowest BCUT2D eigenvalue weighted by molar-refractivity contribution is 0.0608. The summed E-state index contributed by atoms with van der Waals surface area (Å²) in [6.45, 7) is 1.45. The molecule has 13 heteroatoms. The van der Waals surface area contributed by atoms with Crippen molar-refractivity contribution in [2.24, 2.45) is 11.7 Å². The van der Waals surface area contributed by atoms with Crippen molar-refractivity contribution in [1.29, 1.82) is 0 Å². The maximum atomic E-state index is 13.7. The van der Waals surface area contributed by atoms with Crippen LogP contribution in [0.4, 0.5) is 16.0 Å². The Morgan fingerprint density at radius 1 is 1.12 bits per heavy atom. The topological polar surface area (TPSA) is 168 Å². The molecule has 41 heavy (non-hydrogen) atoms. The summed E-state index contributed by atoms with van der Waals surface area (Å²) in [6.07, 6.45) is 4.35. The fourth-order valence-electron chi connectivity index (χ4n) is 4.71. The SMILES string of the molecule is NC(=O)c1c(-c2ccc(F)cc2)c(=O)c(C(=O)Nc2ccc(-c3cc(Br)cnc3N)nn2)cn1CC1CCOCC1. The zero-order valence-electron chi connectivity index (χ0n) is 21.6. The van der Waals surface area contributed by atoms with Crippen LogP contribution >= 0.6 is 15.9 Å². The number of carbonyl (C=O) groups excluding carboxylic acids is 2. The van der Waals surface area contributed by atoms with E-state index in [9.17, 15) is 18.8 Å². The standard InChI is InChI=1S/C28H25BrFN7O4/c29-17-11-19(26(31)33-12-17)21-5-6-22(36-35-21)34-28(40)20-14-37(13-15-7-9-41-10-8-15)24(27(32)39)23(25(20)38)16-1-3-18(30)4-2-16/h1-6,11-12,14-15H,7-10,13H2,(H2,31,33)(H2,32,39)(H,34,36,40). The maximum absolute atomic E-state index is 13.7. The van der Waals surface area contributed by atoms with Gasteiger partial charge in [0, 0.05) is 42.2 Å². The van der Waals surface area contributed by atoms with Crippen LogP contribution in [-0.2, 0) is 11.3 Å². The van der Waals surface area contributed by atoms with Crippen molar-refractivity contribution in [3.05, 3.63) is 86.6 Å². The number of benzene rings is 1. The number of anilines is 2. The van der Waals surface area contributed by atoms with Gasteiger partial charge in [-0.15, -0.1) is 10.2 Å². The third-order valence-electron chi connectivity index (χ3n) is 6.75. The molecule has 0 radical (unpaired) electrons. The van der Waals surface area contributed by atoms with Crippen LogP contribution in [0.3, 0.4) is 0 Å². The molecule has 4 aromatic rings. The molecular weight excluding hydrogens is 597 g/mol. The van der Waals surface area contributed by atoms with Crippen LogP contribution in [-0.4, -0.2) is 44.8 Å². The third kappa shape index (κ3) is 6.15. The number of ether oxygens (including phenoxy) is 1. The van der Waals surface area contributed by atoms with Crippen molar-refractivity contribution >= 4 is 39.4 Å². The van der Waals surface area contributed by atoms with E-state index in [1.165, 1.54) is 41.1 Å². The quantitative estimate of drug-likeness (QED) is 0.281. The molecule has 2 amide bonds. The van der Waals surface area contributed by atoms with E-state index < -0.39 is 23.1 Å². The lowest BCUT2D eigenvalue weighted by Gasteiger charge is -2.25. The number of rotatable bonds is 7. The van der Waals surface area contributed by atoms with Crippen LogP contribution in [0.2, 0.25) is 0 Å². The zero-order chi connectivity index (χ0) is 29.1. The number of primary amides is 1. The molecule has 1 fully saturated rings. The van der Waals surface area contributed by atoms with Gasteiger partial charge in [0.1, 0.15) is 22.9 Å². The normalized spacial score (nSPS) is 13.6. The summed E-state index contributed by atoms with van der Waals surface area (Å²) in [5.74, 6) is -1.66. The number of pyridine rings is 2. The Morgan fingerprint density at radius 3 is 2.51 bits per heavy atom. The van der Waals surface area contributed by atoms with E-state index in [0.717, 1.165) is 12.8 Å². The van der Waals surface area contributed by atoms with Crippen LogP contribution in [0.1, 0.15) is 33.7 Å². The Balaban J connectivity index is 1.54. The average molecular weight is 622 g/mol. The van der Waals surface area contributed by atoms with Crippen molar-refractivity contribution < 1.29 is 18.7 Å². The van der Waals surface area contributed by atoms with E-state index in [4.69, 9.17) is 16.2 Å². The number of hydrogen-bond donors (Lipinski definition) is 3. The van der Waals surface area contributed by atoms with Gasteiger partial charge in [-0.05, 0) is 70.6 Å². The number of nitrogens with two attached hydrogens (primary N) is 2. The lowest BCUT2D eigenvalue weighted by atomic mass is 9.97. The first-order chi connectivity index (χ1) is 19.7.